The molecule has 0 atom stereocenters. The predicted molar refractivity (Wildman–Crippen MR) is 94.2 cm³/mol. The molecule has 3 aromatic rings. The van der Waals surface area contributed by atoms with Crippen LogP contribution in [0.1, 0.15) is 0 Å². The van der Waals surface area contributed by atoms with Crippen molar-refractivity contribution in [1.82, 2.24) is 15.0 Å². The third kappa shape index (κ3) is 3.75. The quantitative estimate of drug-likeness (QED) is 0.677. The summed E-state index contributed by atoms with van der Waals surface area (Å²) in [6.45, 7) is 1.40. The number of nitrogens with zero attached hydrogens (tertiary/aromatic N) is 3. The molecule has 2 aromatic carbocycles. The summed E-state index contributed by atoms with van der Waals surface area (Å²) in [4.78, 5) is 6.52. The molecule has 0 aliphatic carbocycles. The van der Waals surface area contributed by atoms with Gasteiger partial charge in [-0.1, -0.05) is 41.0 Å². The van der Waals surface area contributed by atoms with Gasteiger partial charge in [-0.15, -0.1) is 0 Å². The molecular weight excluding hydrogens is 326 g/mol. The maximum absolute atomic E-state index is 6.19. The summed E-state index contributed by atoms with van der Waals surface area (Å²) in [7, 11) is 4.01. The zero-order valence-electron chi connectivity index (χ0n) is 13.6. The van der Waals surface area contributed by atoms with Gasteiger partial charge in [0, 0.05) is 12.1 Å². The van der Waals surface area contributed by atoms with Crippen molar-refractivity contribution in [3.8, 4) is 28.6 Å². The highest BCUT2D eigenvalue weighted by molar-refractivity contribution is 6.33. The van der Waals surface area contributed by atoms with Crippen molar-refractivity contribution in [1.29, 1.82) is 0 Å². The summed E-state index contributed by atoms with van der Waals surface area (Å²) in [5.41, 5.74) is 1.50. The maximum Gasteiger partial charge on any atom is 0.262 e. The summed E-state index contributed by atoms with van der Waals surface area (Å²) < 4.78 is 11.3. The van der Waals surface area contributed by atoms with Crippen LogP contribution in [0.3, 0.4) is 0 Å². The van der Waals surface area contributed by atoms with Crippen LogP contribution in [0.5, 0.6) is 5.75 Å². The molecule has 0 bridgehead atoms. The average molecular weight is 344 g/mol. The molecule has 0 radical (unpaired) electrons. The summed E-state index contributed by atoms with van der Waals surface area (Å²) in [5.74, 6) is 1.58. The van der Waals surface area contributed by atoms with Crippen LogP contribution in [0.25, 0.3) is 22.8 Å². The summed E-state index contributed by atoms with van der Waals surface area (Å²) in [6.07, 6.45) is 0. The lowest BCUT2D eigenvalue weighted by atomic mass is 10.2. The van der Waals surface area contributed by atoms with Crippen LogP contribution in [0.2, 0.25) is 5.02 Å². The first kappa shape index (κ1) is 16.5. The van der Waals surface area contributed by atoms with Crippen molar-refractivity contribution in [2.24, 2.45) is 0 Å². The molecule has 1 heterocycles. The predicted octanol–water partition coefficient (Wildman–Crippen LogP) is 4.00. The topological polar surface area (TPSA) is 51.4 Å². The molecule has 0 N–H and O–H groups in total. The highest BCUT2D eigenvalue weighted by Gasteiger charge is 2.16. The van der Waals surface area contributed by atoms with E-state index in [1.807, 2.05) is 56.6 Å². The summed E-state index contributed by atoms with van der Waals surface area (Å²) >= 11 is 6.19. The van der Waals surface area contributed by atoms with Gasteiger partial charge in [0.1, 0.15) is 12.4 Å². The van der Waals surface area contributed by atoms with Crippen molar-refractivity contribution in [3.05, 3.63) is 53.6 Å². The van der Waals surface area contributed by atoms with Crippen molar-refractivity contribution < 1.29 is 9.26 Å². The molecule has 3 rings (SSSR count). The van der Waals surface area contributed by atoms with Gasteiger partial charge in [0.2, 0.25) is 5.82 Å². The van der Waals surface area contributed by atoms with Gasteiger partial charge in [-0.3, -0.25) is 0 Å². The van der Waals surface area contributed by atoms with Gasteiger partial charge in [0.25, 0.3) is 5.89 Å². The van der Waals surface area contributed by atoms with E-state index >= 15 is 0 Å². The van der Waals surface area contributed by atoms with Gasteiger partial charge < -0.3 is 14.2 Å². The van der Waals surface area contributed by atoms with E-state index in [9.17, 15) is 0 Å². The lowest BCUT2D eigenvalue weighted by molar-refractivity contribution is 0.261. The highest BCUT2D eigenvalue weighted by Crippen LogP contribution is 2.31. The van der Waals surface area contributed by atoms with Crippen LogP contribution in [0.15, 0.2) is 53.1 Å². The SMILES string of the molecule is CN(C)CCOc1ccccc1-c1nc(-c2ccccc2Cl)no1. The van der Waals surface area contributed by atoms with Gasteiger partial charge in [-0.2, -0.15) is 4.98 Å². The lowest BCUT2D eigenvalue weighted by Crippen LogP contribution is -2.19. The van der Waals surface area contributed by atoms with Crippen LogP contribution < -0.4 is 4.74 Å². The first-order valence-electron chi connectivity index (χ1n) is 7.60. The third-order valence-corrected chi connectivity index (χ3v) is 3.78. The number of hydrogen-bond donors (Lipinski definition) is 0. The number of ether oxygens (including phenoxy) is 1. The average Bonchev–Trinajstić information content (AvgIpc) is 3.05. The fourth-order valence-corrected chi connectivity index (χ4v) is 2.41. The number of benzene rings is 2. The Hall–Kier alpha value is -2.37. The van der Waals surface area contributed by atoms with Crippen LogP contribution in [0, 0.1) is 0 Å². The van der Waals surface area contributed by atoms with Gasteiger partial charge >= 0.3 is 0 Å². The molecule has 24 heavy (non-hydrogen) atoms. The Morgan fingerprint density at radius 3 is 2.50 bits per heavy atom. The van der Waals surface area contributed by atoms with Crippen molar-refractivity contribution >= 4 is 11.6 Å². The first-order valence-corrected chi connectivity index (χ1v) is 7.98. The standard InChI is InChI=1S/C18H18ClN3O2/c1-22(2)11-12-23-16-10-6-4-8-14(16)18-20-17(21-24-18)13-7-3-5-9-15(13)19/h3-10H,11-12H2,1-2H3. The number of rotatable bonds is 6. The number of likely N-dealkylation sites (N-methyl/N-ethyl adjacent to an activating group) is 1. The minimum atomic E-state index is 0.408. The summed E-state index contributed by atoms with van der Waals surface area (Å²) in [5, 5.41) is 4.62. The van der Waals surface area contributed by atoms with Gasteiger partial charge in [0.05, 0.1) is 10.6 Å². The molecule has 0 aliphatic rings. The van der Waals surface area contributed by atoms with Gasteiger partial charge in [-0.05, 0) is 38.4 Å². The normalized spacial score (nSPS) is 11.0. The Kier molecular flexibility index (Phi) is 5.13. The zero-order valence-corrected chi connectivity index (χ0v) is 14.3. The second-order valence-electron chi connectivity index (χ2n) is 5.55. The minimum absolute atomic E-state index is 0.408. The smallest absolute Gasteiger partial charge is 0.262 e. The molecule has 0 fully saturated rings. The Morgan fingerprint density at radius 2 is 1.75 bits per heavy atom. The first-order chi connectivity index (χ1) is 11.6. The monoisotopic (exact) mass is 343 g/mol. The van der Waals surface area contributed by atoms with Crippen molar-refractivity contribution in [2.45, 2.75) is 0 Å². The van der Waals surface area contributed by atoms with E-state index in [-0.39, 0.29) is 0 Å². The molecule has 0 spiro atoms. The fourth-order valence-electron chi connectivity index (χ4n) is 2.19. The molecule has 5 nitrogen and oxygen atoms in total. The van der Waals surface area contributed by atoms with Gasteiger partial charge in [-0.25, -0.2) is 0 Å². The van der Waals surface area contributed by atoms with Crippen LogP contribution in [-0.2, 0) is 0 Å². The molecule has 124 valence electrons. The number of aromatic nitrogens is 2. The Labute approximate surface area is 145 Å². The Morgan fingerprint density at radius 1 is 1.04 bits per heavy atom. The van der Waals surface area contributed by atoms with E-state index in [1.165, 1.54) is 0 Å². The number of para-hydroxylation sites is 1. The molecule has 6 heteroatoms. The zero-order chi connectivity index (χ0) is 16.9. The van der Waals surface area contributed by atoms with E-state index < -0.39 is 0 Å². The van der Waals surface area contributed by atoms with E-state index in [0.29, 0.717) is 29.1 Å². The largest absolute Gasteiger partial charge is 0.491 e. The summed E-state index contributed by atoms with van der Waals surface area (Å²) in [6, 6.07) is 15.0. The van der Waals surface area contributed by atoms with E-state index in [2.05, 4.69) is 15.0 Å². The molecule has 0 amide bonds. The molecule has 0 aliphatic heterocycles. The van der Waals surface area contributed by atoms with E-state index in [4.69, 9.17) is 20.9 Å². The number of halogens is 1. The van der Waals surface area contributed by atoms with E-state index in [0.717, 1.165) is 17.7 Å². The molecular formula is C18H18ClN3O2. The molecule has 0 saturated carbocycles. The number of hydrogen-bond acceptors (Lipinski definition) is 5. The fraction of sp³-hybridized carbons (Fsp3) is 0.222. The highest BCUT2D eigenvalue weighted by atomic mass is 35.5. The van der Waals surface area contributed by atoms with E-state index in [1.54, 1.807) is 6.07 Å². The third-order valence-electron chi connectivity index (χ3n) is 3.45. The second kappa shape index (κ2) is 7.47. The Bertz CT molecular complexity index is 817. The molecule has 0 unspecified atom stereocenters. The van der Waals surface area contributed by atoms with Crippen LogP contribution >= 0.6 is 11.6 Å². The van der Waals surface area contributed by atoms with Crippen molar-refractivity contribution in [3.63, 3.8) is 0 Å². The van der Waals surface area contributed by atoms with Gasteiger partial charge in [0.15, 0.2) is 0 Å². The van der Waals surface area contributed by atoms with Crippen molar-refractivity contribution in [2.75, 3.05) is 27.2 Å². The molecule has 0 saturated heterocycles. The lowest BCUT2D eigenvalue weighted by Gasteiger charge is -2.12. The Balaban J connectivity index is 1.87. The van der Waals surface area contributed by atoms with Crippen LogP contribution in [-0.4, -0.2) is 42.3 Å². The minimum Gasteiger partial charge on any atom is -0.491 e. The molecule has 1 aromatic heterocycles. The maximum atomic E-state index is 6.19. The van der Waals surface area contributed by atoms with Crippen LogP contribution in [0.4, 0.5) is 0 Å². The second-order valence-corrected chi connectivity index (χ2v) is 5.96.